The van der Waals surface area contributed by atoms with Gasteiger partial charge in [-0.25, -0.2) is 0 Å². The molecule has 5 heteroatoms. The number of piperidine rings is 1. The second-order valence-electron chi connectivity index (χ2n) is 6.05. The smallest absolute Gasteiger partial charge is 0.271 e. The van der Waals surface area contributed by atoms with Crippen LogP contribution in [0.5, 0.6) is 0 Å². The molecule has 1 N–H and O–H groups in total. The molecule has 1 aromatic heterocycles. The Hall–Kier alpha value is -2.14. The summed E-state index contributed by atoms with van der Waals surface area (Å²) in [6, 6.07) is 11.7. The number of hydrogen-bond acceptors (Lipinski definition) is 3. The molecule has 1 fully saturated rings. The SMILES string of the molecule is COCCC1CCN(C(=O)c2cc(-c3ccccc3)n[nH]2)CC1. The summed E-state index contributed by atoms with van der Waals surface area (Å²) in [6.07, 6.45) is 3.18. The first-order valence-electron chi connectivity index (χ1n) is 8.17. The van der Waals surface area contributed by atoms with E-state index in [9.17, 15) is 4.79 Å². The van der Waals surface area contributed by atoms with Crippen molar-refractivity contribution >= 4 is 5.91 Å². The predicted molar refractivity (Wildman–Crippen MR) is 89.1 cm³/mol. The van der Waals surface area contributed by atoms with E-state index in [2.05, 4.69) is 10.2 Å². The minimum Gasteiger partial charge on any atom is -0.385 e. The lowest BCUT2D eigenvalue weighted by atomic mass is 9.94. The van der Waals surface area contributed by atoms with E-state index in [1.807, 2.05) is 41.3 Å². The zero-order valence-electron chi connectivity index (χ0n) is 13.5. The number of benzene rings is 1. The molecule has 1 amide bonds. The van der Waals surface area contributed by atoms with Crippen molar-refractivity contribution in [2.24, 2.45) is 5.92 Å². The van der Waals surface area contributed by atoms with Gasteiger partial charge in [-0.2, -0.15) is 5.10 Å². The third-order valence-corrected chi connectivity index (χ3v) is 4.51. The summed E-state index contributed by atoms with van der Waals surface area (Å²) in [6.45, 7) is 2.43. The molecule has 1 aliphatic heterocycles. The van der Waals surface area contributed by atoms with Gasteiger partial charge in [0.1, 0.15) is 5.69 Å². The minimum absolute atomic E-state index is 0.0462. The Morgan fingerprint density at radius 1 is 1.30 bits per heavy atom. The maximum Gasteiger partial charge on any atom is 0.271 e. The molecular formula is C18H23N3O2. The molecule has 1 aliphatic rings. The topological polar surface area (TPSA) is 58.2 Å². The van der Waals surface area contributed by atoms with Crippen molar-refractivity contribution in [2.75, 3.05) is 26.8 Å². The molecule has 122 valence electrons. The Balaban J connectivity index is 1.60. The standard InChI is InChI=1S/C18H23N3O2/c1-23-12-9-14-7-10-21(11-8-14)18(22)17-13-16(19-20-17)15-5-3-2-4-6-15/h2-6,13-14H,7-12H2,1H3,(H,19,20). The molecule has 1 aromatic carbocycles. The third-order valence-electron chi connectivity index (χ3n) is 4.51. The van der Waals surface area contributed by atoms with Gasteiger partial charge in [-0.3, -0.25) is 9.89 Å². The lowest BCUT2D eigenvalue weighted by Crippen LogP contribution is -2.38. The summed E-state index contributed by atoms with van der Waals surface area (Å²) in [5.74, 6) is 0.713. The average molecular weight is 313 g/mol. The number of H-pyrrole nitrogens is 1. The molecule has 0 aliphatic carbocycles. The van der Waals surface area contributed by atoms with E-state index in [1.54, 1.807) is 7.11 Å². The molecule has 2 heterocycles. The van der Waals surface area contributed by atoms with Crippen LogP contribution in [0.1, 0.15) is 29.8 Å². The number of carbonyl (C=O) groups excluding carboxylic acids is 1. The summed E-state index contributed by atoms with van der Waals surface area (Å²) < 4.78 is 5.14. The Kier molecular flexibility index (Phi) is 5.08. The maximum atomic E-state index is 12.6. The van der Waals surface area contributed by atoms with Crippen molar-refractivity contribution < 1.29 is 9.53 Å². The Labute approximate surface area is 136 Å². The monoisotopic (exact) mass is 313 g/mol. The lowest BCUT2D eigenvalue weighted by Gasteiger charge is -2.31. The zero-order valence-corrected chi connectivity index (χ0v) is 13.5. The summed E-state index contributed by atoms with van der Waals surface area (Å²) in [7, 11) is 1.74. The van der Waals surface area contributed by atoms with Crippen LogP contribution in [0.15, 0.2) is 36.4 Å². The maximum absolute atomic E-state index is 12.6. The molecule has 5 nitrogen and oxygen atoms in total. The van der Waals surface area contributed by atoms with Crippen LogP contribution in [0, 0.1) is 5.92 Å². The molecule has 0 spiro atoms. The number of nitrogens with zero attached hydrogens (tertiary/aromatic N) is 2. The number of aromatic amines is 1. The number of rotatable bonds is 5. The quantitative estimate of drug-likeness (QED) is 0.923. The second kappa shape index (κ2) is 7.42. The van der Waals surface area contributed by atoms with E-state index in [1.165, 1.54) is 0 Å². The van der Waals surface area contributed by atoms with E-state index < -0.39 is 0 Å². The zero-order chi connectivity index (χ0) is 16.1. The van der Waals surface area contributed by atoms with Crippen molar-refractivity contribution in [1.82, 2.24) is 15.1 Å². The van der Waals surface area contributed by atoms with Crippen molar-refractivity contribution in [3.63, 3.8) is 0 Å². The van der Waals surface area contributed by atoms with Crippen LogP contribution in [-0.4, -0.2) is 47.8 Å². The third kappa shape index (κ3) is 3.79. The van der Waals surface area contributed by atoms with Gasteiger partial charge < -0.3 is 9.64 Å². The van der Waals surface area contributed by atoms with Crippen molar-refractivity contribution in [2.45, 2.75) is 19.3 Å². The fourth-order valence-electron chi connectivity index (χ4n) is 3.07. The first kappa shape index (κ1) is 15.7. The highest BCUT2D eigenvalue weighted by atomic mass is 16.5. The number of likely N-dealkylation sites (tertiary alicyclic amines) is 1. The number of amides is 1. The van der Waals surface area contributed by atoms with Gasteiger partial charge in [0, 0.05) is 32.4 Å². The molecule has 0 saturated carbocycles. The highest BCUT2D eigenvalue weighted by molar-refractivity contribution is 5.93. The van der Waals surface area contributed by atoms with E-state index in [0.717, 1.165) is 50.2 Å². The number of carbonyl (C=O) groups is 1. The Bertz CT molecular complexity index is 631. The molecule has 0 atom stereocenters. The predicted octanol–water partition coefficient (Wildman–Crippen LogP) is 2.97. The number of nitrogens with one attached hydrogen (secondary N) is 1. The van der Waals surface area contributed by atoms with Gasteiger partial charge in [-0.05, 0) is 31.2 Å². The summed E-state index contributed by atoms with van der Waals surface area (Å²) >= 11 is 0. The highest BCUT2D eigenvalue weighted by Gasteiger charge is 2.24. The number of aromatic nitrogens is 2. The van der Waals surface area contributed by atoms with Gasteiger partial charge in [0.15, 0.2) is 0 Å². The van der Waals surface area contributed by atoms with Crippen molar-refractivity contribution in [3.05, 3.63) is 42.1 Å². The average Bonchev–Trinajstić information content (AvgIpc) is 3.11. The van der Waals surface area contributed by atoms with Crippen molar-refractivity contribution in [1.29, 1.82) is 0 Å². The molecule has 0 bridgehead atoms. The molecule has 1 saturated heterocycles. The van der Waals surface area contributed by atoms with E-state index in [0.29, 0.717) is 11.6 Å². The normalized spacial score (nSPS) is 15.8. The van der Waals surface area contributed by atoms with Gasteiger partial charge in [0.2, 0.25) is 0 Å². The first-order valence-corrected chi connectivity index (χ1v) is 8.17. The van der Waals surface area contributed by atoms with E-state index in [4.69, 9.17) is 4.74 Å². The molecule has 3 rings (SSSR count). The van der Waals surface area contributed by atoms with Crippen LogP contribution in [0.3, 0.4) is 0 Å². The Morgan fingerprint density at radius 3 is 2.74 bits per heavy atom. The van der Waals surface area contributed by atoms with Crippen molar-refractivity contribution in [3.8, 4) is 11.3 Å². The molecule has 2 aromatic rings. The number of methoxy groups -OCH3 is 1. The fraction of sp³-hybridized carbons (Fsp3) is 0.444. The minimum atomic E-state index is 0.0462. The summed E-state index contributed by atoms with van der Waals surface area (Å²) in [5, 5.41) is 7.15. The Morgan fingerprint density at radius 2 is 2.04 bits per heavy atom. The van der Waals surface area contributed by atoms with Crippen LogP contribution >= 0.6 is 0 Å². The summed E-state index contributed by atoms with van der Waals surface area (Å²) in [4.78, 5) is 14.5. The summed E-state index contributed by atoms with van der Waals surface area (Å²) in [5.41, 5.74) is 2.39. The molecule has 0 radical (unpaired) electrons. The molecule has 0 unspecified atom stereocenters. The van der Waals surface area contributed by atoms with Gasteiger partial charge >= 0.3 is 0 Å². The second-order valence-corrected chi connectivity index (χ2v) is 6.05. The van der Waals surface area contributed by atoms with Gasteiger partial charge in [0.05, 0.1) is 5.69 Å². The van der Waals surface area contributed by atoms with E-state index >= 15 is 0 Å². The number of hydrogen-bond donors (Lipinski definition) is 1. The van der Waals surface area contributed by atoms with Crippen LogP contribution in [0.2, 0.25) is 0 Å². The van der Waals surface area contributed by atoms with E-state index in [-0.39, 0.29) is 5.91 Å². The lowest BCUT2D eigenvalue weighted by molar-refractivity contribution is 0.0664. The number of ether oxygens (including phenoxy) is 1. The van der Waals surface area contributed by atoms with Crippen LogP contribution in [-0.2, 0) is 4.74 Å². The van der Waals surface area contributed by atoms with Gasteiger partial charge in [0.25, 0.3) is 5.91 Å². The van der Waals surface area contributed by atoms with Crippen LogP contribution < -0.4 is 0 Å². The molecule has 23 heavy (non-hydrogen) atoms. The first-order chi connectivity index (χ1) is 11.3. The highest BCUT2D eigenvalue weighted by Crippen LogP contribution is 2.23. The van der Waals surface area contributed by atoms with Gasteiger partial charge in [-0.15, -0.1) is 0 Å². The van der Waals surface area contributed by atoms with Crippen LogP contribution in [0.25, 0.3) is 11.3 Å². The van der Waals surface area contributed by atoms with Gasteiger partial charge in [-0.1, -0.05) is 30.3 Å². The van der Waals surface area contributed by atoms with Crippen LogP contribution in [0.4, 0.5) is 0 Å². The molecular weight excluding hydrogens is 290 g/mol. The fourth-order valence-corrected chi connectivity index (χ4v) is 3.07. The largest absolute Gasteiger partial charge is 0.385 e.